The number of primary amides is 1. The molecule has 2 aromatic rings. The van der Waals surface area contributed by atoms with Crippen LogP contribution in [0.2, 0.25) is 0 Å². The third kappa shape index (κ3) is 7.27. The maximum atomic E-state index is 13.5. The Kier molecular flexibility index (Phi) is 10.5. The van der Waals surface area contributed by atoms with E-state index < -0.39 is 36.0 Å². The van der Waals surface area contributed by atoms with E-state index in [1.165, 1.54) is 21.6 Å². The fraction of sp³-hybridized carbons (Fsp3) is 0.484. The standard InChI is InChI=1S/C31H43N5O4/c1-18(2)27(35-29(38)21(5)33-6)31(40)36-16-8-11-25(36)30(39)34-24(28(32)37)17-22-12-14-23(15-13-22)26-19(3)9-7-10-20(26)4/h7,9-10,12-15,18,21,24-25,27,33H,8,11,16-17H2,1-6H3,(H2,32,37)(H,34,39)(H,35,38)/t21-,24-,25-,27-/m0/s1. The van der Waals surface area contributed by atoms with Gasteiger partial charge in [0.15, 0.2) is 0 Å². The zero-order valence-corrected chi connectivity index (χ0v) is 24.4. The second-order valence-electron chi connectivity index (χ2n) is 11.1. The largest absolute Gasteiger partial charge is 0.368 e. The van der Waals surface area contributed by atoms with Gasteiger partial charge in [-0.2, -0.15) is 0 Å². The van der Waals surface area contributed by atoms with Crippen molar-refractivity contribution in [2.75, 3.05) is 13.6 Å². The van der Waals surface area contributed by atoms with Gasteiger partial charge >= 0.3 is 0 Å². The quantitative estimate of drug-likeness (QED) is 0.341. The van der Waals surface area contributed by atoms with Crippen LogP contribution in [0.5, 0.6) is 0 Å². The van der Waals surface area contributed by atoms with Gasteiger partial charge in [0.1, 0.15) is 18.1 Å². The van der Waals surface area contributed by atoms with Crippen molar-refractivity contribution in [2.45, 2.75) is 78.0 Å². The molecule has 1 aliphatic heterocycles. The molecule has 1 saturated heterocycles. The number of rotatable bonds is 11. The molecule has 0 radical (unpaired) electrons. The van der Waals surface area contributed by atoms with Crippen LogP contribution in [-0.4, -0.2) is 66.3 Å². The average molecular weight is 550 g/mol. The number of carbonyl (C=O) groups is 4. The van der Waals surface area contributed by atoms with Crippen molar-refractivity contribution in [3.8, 4) is 11.1 Å². The summed E-state index contributed by atoms with van der Waals surface area (Å²) in [6, 6.07) is 11.2. The lowest BCUT2D eigenvalue weighted by atomic mass is 9.94. The van der Waals surface area contributed by atoms with Crippen LogP contribution in [0.4, 0.5) is 0 Å². The summed E-state index contributed by atoms with van der Waals surface area (Å²) in [6.45, 7) is 9.97. The van der Waals surface area contributed by atoms with E-state index in [0.717, 1.165) is 11.1 Å². The maximum absolute atomic E-state index is 13.5. The first-order valence-corrected chi connectivity index (χ1v) is 14.0. The van der Waals surface area contributed by atoms with E-state index in [1.54, 1.807) is 14.0 Å². The van der Waals surface area contributed by atoms with Crippen molar-refractivity contribution < 1.29 is 19.2 Å². The summed E-state index contributed by atoms with van der Waals surface area (Å²) in [7, 11) is 1.67. The molecular weight excluding hydrogens is 506 g/mol. The van der Waals surface area contributed by atoms with E-state index in [4.69, 9.17) is 5.73 Å². The van der Waals surface area contributed by atoms with Crippen molar-refractivity contribution in [2.24, 2.45) is 11.7 Å². The summed E-state index contributed by atoms with van der Waals surface area (Å²) in [5.41, 5.74) is 11.2. The average Bonchev–Trinajstić information content (AvgIpc) is 3.41. The summed E-state index contributed by atoms with van der Waals surface area (Å²) >= 11 is 0. The summed E-state index contributed by atoms with van der Waals surface area (Å²) in [6.07, 6.45) is 1.36. The van der Waals surface area contributed by atoms with E-state index in [0.29, 0.717) is 19.4 Å². The molecule has 4 atom stereocenters. The van der Waals surface area contributed by atoms with E-state index >= 15 is 0 Å². The summed E-state index contributed by atoms with van der Waals surface area (Å²) in [4.78, 5) is 53.1. The Labute approximate surface area is 237 Å². The van der Waals surface area contributed by atoms with Gasteiger partial charge in [-0.05, 0) is 74.4 Å². The number of nitrogens with two attached hydrogens (primary N) is 1. The fourth-order valence-corrected chi connectivity index (χ4v) is 5.21. The highest BCUT2D eigenvalue weighted by atomic mass is 16.2. The van der Waals surface area contributed by atoms with Crippen LogP contribution in [0, 0.1) is 19.8 Å². The van der Waals surface area contributed by atoms with Crippen LogP contribution in [0.15, 0.2) is 42.5 Å². The van der Waals surface area contributed by atoms with E-state index in [9.17, 15) is 19.2 Å². The van der Waals surface area contributed by atoms with Gasteiger partial charge in [0, 0.05) is 13.0 Å². The molecule has 0 bridgehead atoms. The zero-order chi connectivity index (χ0) is 29.6. The normalized spacial score (nSPS) is 17.3. The molecule has 0 aliphatic carbocycles. The molecule has 3 rings (SSSR count). The summed E-state index contributed by atoms with van der Waals surface area (Å²) in [5, 5.41) is 8.48. The maximum Gasteiger partial charge on any atom is 0.246 e. The molecule has 1 heterocycles. The van der Waals surface area contributed by atoms with Crippen molar-refractivity contribution in [1.82, 2.24) is 20.9 Å². The number of carbonyl (C=O) groups excluding carboxylic acids is 4. The Morgan fingerprint density at radius 2 is 1.60 bits per heavy atom. The molecule has 0 saturated carbocycles. The van der Waals surface area contributed by atoms with Crippen molar-refractivity contribution in [3.63, 3.8) is 0 Å². The molecule has 1 aliphatic rings. The number of nitrogens with zero attached hydrogens (tertiary/aromatic N) is 1. The van der Waals surface area contributed by atoms with Gasteiger partial charge in [-0.25, -0.2) is 0 Å². The van der Waals surface area contributed by atoms with Crippen molar-refractivity contribution >= 4 is 23.6 Å². The molecule has 216 valence electrons. The van der Waals surface area contributed by atoms with Gasteiger partial charge in [-0.1, -0.05) is 56.3 Å². The number of likely N-dealkylation sites (tertiary alicyclic amines) is 1. The fourth-order valence-electron chi connectivity index (χ4n) is 5.21. The van der Waals surface area contributed by atoms with Crippen LogP contribution >= 0.6 is 0 Å². The number of nitrogens with one attached hydrogen (secondary N) is 3. The third-order valence-electron chi connectivity index (χ3n) is 7.72. The minimum Gasteiger partial charge on any atom is -0.368 e. The Balaban J connectivity index is 1.71. The highest BCUT2D eigenvalue weighted by Gasteiger charge is 2.39. The predicted octanol–water partition coefficient (Wildman–Crippen LogP) is 2.22. The monoisotopic (exact) mass is 549 g/mol. The molecule has 1 fully saturated rings. The Hall–Kier alpha value is -3.72. The van der Waals surface area contributed by atoms with E-state index in [-0.39, 0.29) is 24.2 Å². The molecule has 40 heavy (non-hydrogen) atoms. The third-order valence-corrected chi connectivity index (χ3v) is 7.72. The van der Waals surface area contributed by atoms with Gasteiger partial charge < -0.3 is 26.6 Å². The number of likely N-dealkylation sites (N-methyl/N-ethyl adjacent to an activating group) is 1. The number of aryl methyl sites for hydroxylation is 2. The first-order valence-electron chi connectivity index (χ1n) is 14.0. The molecule has 0 aromatic heterocycles. The second-order valence-corrected chi connectivity index (χ2v) is 11.1. The van der Waals surface area contributed by atoms with Crippen LogP contribution < -0.4 is 21.7 Å². The minimum atomic E-state index is -0.923. The number of hydrogen-bond donors (Lipinski definition) is 4. The predicted molar refractivity (Wildman–Crippen MR) is 156 cm³/mol. The smallest absolute Gasteiger partial charge is 0.246 e. The lowest BCUT2D eigenvalue weighted by molar-refractivity contribution is -0.143. The molecule has 4 amide bonds. The second kappa shape index (κ2) is 13.6. The van der Waals surface area contributed by atoms with Gasteiger partial charge in [-0.3, -0.25) is 19.2 Å². The molecule has 0 spiro atoms. The van der Waals surface area contributed by atoms with Crippen LogP contribution in [-0.2, 0) is 25.6 Å². The summed E-state index contributed by atoms with van der Waals surface area (Å²) < 4.78 is 0. The molecule has 5 N–H and O–H groups in total. The molecule has 9 heteroatoms. The van der Waals surface area contributed by atoms with Gasteiger partial charge in [-0.15, -0.1) is 0 Å². The van der Waals surface area contributed by atoms with Gasteiger partial charge in [0.25, 0.3) is 0 Å². The number of hydrogen-bond acceptors (Lipinski definition) is 5. The Bertz CT molecular complexity index is 1210. The topological polar surface area (TPSA) is 134 Å². The first-order chi connectivity index (χ1) is 18.9. The molecular formula is C31H43N5O4. The summed E-state index contributed by atoms with van der Waals surface area (Å²) in [5.74, 6) is -1.82. The highest BCUT2D eigenvalue weighted by Crippen LogP contribution is 2.27. The Morgan fingerprint density at radius 1 is 0.975 bits per heavy atom. The van der Waals surface area contributed by atoms with Crippen molar-refractivity contribution in [3.05, 3.63) is 59.2 Å². The lowest BCUT2D eigenvalue weighted by Gasteiger charge is -2.31. The van der Waals surface area contributed by atoms with Crippen LogP contribution in [0.1, 0.15) is 50.3 Å². The van der Waals surface area contributed by atoms with Crippen LogP contribution in [0.3, 0.4) is 0 Å². The SMILES string of the molecule is CN[C@@H](C)C(=O)N[C@H](C(=O)N1CCC[C@H]1C(=O)N[C@@H](Cc1ccc(-c2c(C)cccc2C)cc1)C(N)=O)C(C)C. The van der Waals surface area contributed by atoms with Gasteiger partial charge in [0.05, 0.1) is 6.04 Å². The first kappa shape index (κ1) is 30.8. The molecule has 0 unspecified atom stereocenters. The minimum absolute atomic E-state index is 0.172. The molecule has 2 aromatic carbocycles. The molecule has 9 nitrogen and oxygen atoms in total. The van der Waals surface area contributed by atoms with Gasteiger partial charge in [0.2, 0.25) is 23.6 Å². The number of amides is 4. The number of benzene rings is 2. The Morgan fingerprint density at radius 3 is 2.15 bits per heavy atom. The van der Waals surface area contributed by atoms with Crippen LogP contribution in [0.25, 0.3) is 11.1 Å². The van der Waals surface area contributed by atoms with E-state index in [1.807, 2.05) is 44.2 Å². The lowest BCUT2D eigenvalue weighted by Crippen LogP contribution is -2.58. The van der Waals surface area contributed by atoms with Crippen molar-refractivity contribution in [1.29, 1.82) is 0 Å². The zero-order valence-electron chi connectivity index (χ0n) is 24.4. The highest BCUT2D eigenvalue weighted by molar-refractivity contribution is 5.95. The van der Waals surface area contributed by atoms with E-state index in [2.05, 4.69) is 41.9 Å².